The van der Waals surface area contributed by atoms with Gasteiger partial charge in [-0.05, 0) is 17.7 Å². The molecule has 31 heavy (non-hydrogen) atoms. The zero-order chi connectivity index (χ0) is 22.4. The van der Waals surface area contributed by atoms with E-state index in [0.717, 1.165) is 11.8 Å². The molecule has 3 rings (SSSR count). The number of halogens is 1. The molecule has 1 aromatic carbocycles. The van der Waals surface area contributed by atoms with Gasteiger partial charge in [0, 0.05) is 29.4 Å². The zero-order valence-electron chi connectivity index (χ0n) is 16.3. The fraction of sp³-hybridized carbons (Fsp3) is 0.250. The number of carbonyl (C=O) groups is 3. The van der Waals surface area contributed by atoms with Crippen LogP contribution in [0.15, 0.2) is 46.4 Å². The van der Waals surface area contributed by atoms with Crippen molar-refractivity contribution in [3.8, 4) is 6.07 Å². The lowest BCUT2D eigenvalue weighted by atomic mass is 9.79. The summed E-state index contributed by atoms with van der Waals surface area (Å²) < 4.78 is 5.08. The number of benzene rings is 1. The highest BCUT2D eigenvalue weighted by Gasteiger charge is 2.40. The van der Waals surface area contributed by atoms with E-state index in [4.69, 9.17) is 16.3 Å². The normalized spacial score (nSPS) is 18.2. The van der Waals surface area contributed by atoms with Gasteiger partial charge in [-0.3, -0.25) is 14.4 Å². The highest BCUT2D eigenvalue weighted by Crippen LogP contribution is 2.40. The van der Waals surface area contributed by atoms with Gasteiger partial charge < -0.3 is 15.4 Å². The number of esters is 1. The molecule has 2 amide bonds. The van der Waals surface area contributed by atoms with Gasteiger partial charge in [-0.15, -0.1) is 11.3 Å². The minimum absolute atomic E-state index is 0.0255. The monoisotopic (exact) mass is 476 g/mol. The van der Waals surface area contributed by atoms with Crippen LogP contribution in [0, 0.1) is 17.2 Å². The van der Waals surface area contributed by atoms with Gasteiger partial charge in [0.15, 0.2) is 5.13 Å². The van der Waals surface area contributed by atoms with Crippen molar-refractivity contribution in [1.82, 2.24) is 10.3 Å². The van der Waals surface area contributed by atoms with E-state index in [9.17, 15) is 19.6 Å². The summed E-state index contributed by atoms with van der Waals surface area (Å²) in [5.41, 5.74) is 0.962. The number of nitriles is 1. The highest BCUT2D eigenvalue weighted by atomic mass is 35.5. The standard InChI is InChI=1S/C20H17ClN4O4S2/c1-11(26)29-9-15-17(12-2-4-13(21)5-3-12)14(8-22)19(25-18(15)28)31-10-16(27)24-20-23-6-7-30-20/h2-7,15,17H,9-10H2,1H3,(H,25,28)(H,23,24,27). The number of hydrogen-bond acceptors (Lipinski definition) is 8. The van der Waals surface area contributed by atoms with Crippen molar-refractivity contribution in [3.63, 3.8) is 0 Å². The molecule has 2 aromatic rings. The fourth-order valence-corrected chi connectivity index (χ4v) is 4.55. The molecule has 8 nitrogen and oxygen atoms in total. The van der Waals surface area contributed by atoms with Gasteiger partial charge in [0.2, 0.25) is 11.8 Å². The van der Waals surface area contributed by atoms with Crippen LogP contribution in [0.1, 0.15) is 18.4 Å². The summed E-state index contributed by atoms with van der Waals surface area (Å²) in [6, 6.07) is 8.92. The predicted octanol–water partition coefficient (Wildman–Crippen LogP) is 3.30. The van der Waals surface area contributed by atoms with Crippen LogP contribution in [0.5, 0.6) is 0 Å². The van der Waals surface area contributed by atoms with Crippen molar-refractivity contribution in [2.24, 2.45) is 5.92 Å². The average Bonchev–Trinajstić information content (AvgIpc) is 3.24. The molecule has 160 valence electrons. The smallest absolute Gasteiger partial charge is 0.302 e. The molecular formula is C20H17ClN4O4S2. The number of thiazole rings is 1. The van der Waals surface area contributed by atoms with Crippen molar-refractivity contribution in [1.29, 1.82) is 5.26 Å². The maximum absolute atomic E-state index is 12.8. The summed E-state index contributed by atoms with van der Waals surface area (Å²) in [5.74, 6) is -2.72. The average molecular weight is 477 g/mol. The number of carbonyl (C=O) groups excluding carboxylic acids is 3. The zero-order valence-corrected chi connectivity index (χ0v) is 18.6. The molecule has 11 heteroatoms. The number of anilines is 1. The van der Waals surface area contributed by atoms with Crippen LogP contribution in [0.3, 0.4) is 0 Å². The Hall–Kier alpha value is -2.87. The first-order chi connectivity index (χ1) is 14.9. The molecule has 0 radical (unpaired) electrons. The Morgan fingerprint density at radius 3 is 2.74 bits per heavy atom. The summed E-state index contributed by atoms with van der Waals surface area (Å²) in [6.07, 6.45) is 1.57. The summed E-state index contributed by atoms with van der Waals surface area (Å²) in [5, 5.41) is 18.2. The number of aromatic nitrogens is 1. The Morgan fingerprint density at radius 2 is 2.13 bits per heavy atom. The molecule has 0 fully saturated rings. The van der Waals surface area contributed by atoms with E-state index in [0.29, 0.717) is 20.7 Å². The third kappa shape index (κ3) is 5.85. The van der Waals surface area contributed by atoms with Crippen LogP contribution in [0.25, 0.3) is 0 Å². The SMILES string of the molecule is CC(=O)OCC1C(=O)NC(SCC(=O)Nc2nccs2)=C(C#N)C1c1ccc(Cl)cc1. The Balaban J connectivity index is 1.87. The van der Waals surface area contributed by atoms with E-state index in [1.807, 2.05) is 0 Å². The maximum atomic E-state index is 12.8. The second-order valence-corrected chi connectivity index (χ2v) is 8.77. The molecule has 2 atom stereocenters. The third-order valence-electron chi connectivity index (χ3n) is 4.37. The molecule has 0 saturated heterocycles. The van der Waals surface area contributed by atoms with Gasteiger partial charge in [-0.25, -0.2) is 4.98 Å². The molecule has 1 aliphatic rings. The van der Waals surface area contributed by atoms with Crippen LogP contribution >= 0.6 is 34.7 Å². The molecule has 1 aliphatic heterocycles. The van der Waals surface area contributed by atoms with Gasteiger partial charge in [0.05, 0.1) is 28.3 Å². The summed E-state index contributed by atoms with van der Waals surface area (Å²) in [7, 11) is 0. The minimum atomic E-state index is -0.798. The molecule has 0 spiro atoms. The fourth-order valence-electron chi connectivity index (χ4n) is 3.03. The van der Waals surface area contributed by atoms with Gasteiger partial charge in [0.1, 0.15) is 6.61 Å². The van der Waals surface area contributed by atoms with E-state index in [2.05, 4.69) is 21.7 Å². The molecule has 2 unspecified atom stereocenters. The lowest BCUT2D eigenvalue weighted by Gasteiger charge is -2.32. The second kappa shape index (κ2) is 10.4. The highest BCUT2D eigenvalue weighted by molar-refractivity contribution is 8.03. The first-order valence-corrected chi connectivity index (χ1v) is 11.3. The molecule has 2 heterocycles. The van der Waals surface area contributed by atoms with E-state index < -0.39 is 23.7 Å². The van der Waals surface area contributed by atoms with Crippen molar-refractivity contribution >= 4 is 57.6 Å². The lowest BCUT2D eigenvalue weighted by molar-refractivity contribution is -0.144. The number of thioether (sulfide) groups is 1. The van der Waals surface area contributed by atoms with Gasteiger partial charge in [-0.1, -0.05) is 35.5 Å². The Bertz CT molecular complexity index is 1050. The van der Waals surface area contributed by atoms with E-state index in [1.54, 1.807) is 35.8 Å². The number of amides is 2. The van der Waals surface area contributed by atoms with Gasteiger partial charge in [-0.2, -0.15) is 5.26 Å². The van der Waals surface area contributed by atoms with Crippen LogP contribution in [0.4, 0.5) is 5.13 Å². The molecule has 0 bridgehead atoms. The topological polar surface area (TPSA) is 121 Å². The van der Waals surface area contributed by atoms with Crippen LogP contribution in [-0.2, 0) is 19.1 Å². The molecular weight excluding hydrogens is 460 g/mol. The summed E-state index contributed by atoms with van der Waals surface area (Å²) in [6.45, 7) is 1.07. The first kappa shape index (κ1) is 22.8. The molecule has 1 aromatic heterocycles. The third-order valence-corrected chi connectivity index (χ3v) is 6.33. The van der Waals surface area contributed by atoms with Gasteiger partial charge >= 0.3 is 5.97 Å². The predicted molar refractivity (Wildman–Crippen MR) is 118 cm³/mol. The number of nitrogens with one attached hydrogen (secondary N) is 2. The van der Waals surface area contributed by atoms with Crippen molar-refractivity contribution in [2.75, 3.05) is 17.7 Å². The van der Waals surface area contributed by atoms with E-state index in [-0.39, 0.29) is 23.8 Å². The number of ether oxygens (including phenoxy) is 1. The van der Waals surface area contributed by atoms with Crippen LogP contribution in [-0.4, -0.2) is 35.1 Å². The Labute approximate surface area is 191 Å². The minimum Gasteiger partial charge on any atom is -0.465 e. The largest absolute Gasteiger partial charge is 0.465 e. The second-order valence-electron chi connectivity index (χ2n) is 6.46. The van der Waals surface area contributed by atoms with E-state index >= 15 is 0 Å². The summed E-state index contributed by atoms with van der Waals surface area (Å²) in [4.78, 5) is 40.3. The molecule has 2 N–H and O–H groups in total. The van der Waals surface area contributed by atoms with Gasteiger partial charge in [0.25, 0.3) is 0 Å². The lowest BCUT2D eigenvalue weighted by Crippen LogP contribution is -2.42. The quantitative estimate of drug-likeness (QED) is 0.588. The van der Waals surface area contributed by atoms with Crippen LogP contribution in [0.2, 0.25) is 5.02 Å². The Kier molecular flexibility index (Phi) is 7.68. The Morgan fingerprint density at radius 1 is 1.39 bits per heavy atom. The number of nitrogens with zero attached hydrogens (tertiary/aromatic N) is 2. The van der Waals surface area contributed by atoms with Crippen molar-refractivity contribution < 1.29 is 19.1 Å². The molecule has 0 saturated carbocycles. The number of hydrogen-bond donors (Lipinski definition) is 2. The van der Waals surface area contributed by atoms with Crippen molar-refractivity contribution in [2.45, 2.75) is 12.8 Å². The number of allylic oxidation sites excluding steroid dienone is 1. The first-order valence-electron chi connectivity index (χ1n) is 9.05. The van der Waals surface area contributed by atoms with E-state index in [1.165, 1.54) is 18.3 Å². The van der Waals surface area contributed by atoms with Crippen molar-refractivity contribution in [3.05, 3.63) is 57.0 Å². The summed E-state index contributed by atoms with van der Waals surface area (Å²) >= 11 is 8.32. The maximum Gasteiger partial charge on any atom is 0.302 e. The number of rotatable bonds is 7. The molecule has 0 aliphatic carbocycles. The van der Waals surface area contributed by atoms with Crippen LogP contribution < -0.4 is 10.6 Å².